The Hall–Kier alpha value is -3.21. The minimum absolute atomic E-state index is 0.0174. The van der Waals surface area contributed by atoms with Crippen molar-refractivity contribution in [2.24, 2.45) is 0 Å². The van der Waals surface area contributed by atoms with Gasteiger partial charge in [-0.25, -0.2) is 14.4 Å². The average Bonchev–Trinajstić information content (AvgIpc) is 3.29. The first-order valence-corrected chi connectivity index (χ1v) is 11.4. The Kier molecular flexibility index (Phi) is 7.12. The van der Waals surface area contributed by atoms with Crippen LogP contribution in [0.1, 0.15) is 14.7 Å². The zero-order valence-electron chi connectivity index (χ0n) is 20.3. The quantitative estimate of drug-likeness (QED) is 0.429. The number of methoxy groups -OCH3 is 1. The van der Waals surface area contributed by atoms with Crippen molar-refractivity contribution in [1.82, 2.24) is 20.2 Å². The van der Waals surface area contributed by atoms with Crippen molar-refractivity contribution < 1.29 is 25.1 Å². The van der Waals surface area contributed by atoms with E-state index in [4.69, 9.17) is 22.4 Å². The van der Waals surface area contributed by atoms with Gasteiger partial charge in [-0.3, -0.25) is 9.69 Å². The van der Waals surface area contributed by atoms with Gasteiger partial charge in [0, 0.05) is 31.8 Å². The van der Waals surface area contributed by atoms with Crippen molar-refractivity contribution in [3.63, 3.8) is 0 Å². The molecule has 0 unspecified atom stereocenters. The molecule has 1 saturated heterocycles. The fraction of sp³-hybridized carbons (Fsp3) is 0.375. The van der Waals surface area contributed by atoms with Crippen molar-refractivity contribution in [3.8, 4) is 11.5 Å². The van der Waals surface area contributed by atoms with E-state index < -0.39 is 18.0 Å². The summed E-state index contributed by atoms with van der Waals surface area (Å²) in [4.78, 5) is 22.9. The van der Waals surface area contributed by atoms with Gasteiger partial charge in [-0.2, -0.15) is 0 Å². The van der Waals surface area contributed by atoms with Crippen LogP contribution in [0.4, 0.5) is 15.9 Å². The number of nitrogens with zero attached hydrogens (tertiary/aromatic N) is 3. The SMILES string of the molecule is [2H]CN1C[C@@H](Oc2cc3c(Nc4cccc(Cl)c4F)ncnc3cc2OC)C[C@H]1C(=O)N[C@H](C)CO. The summed E-state index contributed by atoms with van der Waals surface area (Å²) in [5, 5.41) is 15.5. The van der Waals surface area contributed by atoms with Crippen LogP contribution in [0.2, 0.25) is 5.02 Å². The van der Waals surface area contributed by atoms with E-state index in [1.807, 2.05) is 0 Å². The minimum Gasteiger partial charge on any atom is -0.493 e. The molecule has 186 valence electrons. The molecule has 35 heavy (non-hydrogen) atoms. The molecule has 0 bridgehead atoms. The van der Waals surface area contributed by atoms with Crippen molar-refractivity contribution in [1.29, 1.82) is 0 Å². The molecule has 3 atom stereocenters. The summed E-state index contributed by atoms with van der Waals surface area (Å²) >= 11 is 5.91. The predicted molar refractivity (Wildman–Crippen MR) is 131 cm³/mol. The van der Waals surface area contributed by atoms with Crippen LogP contribution < -0.4 is 20.1 Å². The highest BCUT2D eigenvalue weighted by Crippen LogP contribution is 2.37. The Balaban J connectivity index is 1.61. The third-order valence-electron chi connectivity index (χ3n) is 5.75. The van der Waals surface area contributed by atoms with Crippen LogP contribution in [0.5, 0.6) is 11.5 Å². The van der Waals surface area contributed by atoms with Crippen molar-refractivity contribution >= 4 is 39.9 Å². The maximum Gasteiger partial charge on any atom is 0.237 e. The molecule has 3 aromatic rings. The zero-order valence-corrected chi connectivity index (χ0v) is 20.1. The molecular weight excluding hydrogens is 477 g/mol. The van der Waals surface area contributed by atoms with E-state index >= 15 is 0 Å². The molecule has 1 aromatic heterocycles. The van der Waals surface area contributed by atoms with Crippen LogP contribution in [0.25, 0.3) is 10.9 Å². The number of carbonyl (C=O) groups excluding carboxylic acids is 1. The molecule has 0 aliphatic carbocycles. The Bertz CT molecular complexity index is 1250. The molecule has 1 aliphatic rings. The number of ether oxygens (including phenoxy) is 2. The van der Waals surface area contributed by atoms with Gasteiger partial charge in [-0.15, -0.1) is 0 Å². The lowest BCUT2D eigenvalue weighted by atomic mass is 10.1. The molecule has 1 fully saturated rings. The minimum atomic E-state index is -0.600. The lowest BCUT2D eigenvalue weighted by molar-refractivity contribution is -0.126. The molecule has 11 heteroatoms. The van der Waals surface area contributed by atoms with Gasteiger partial charge < -0.3 is 25.2 Å². The second-order valence-corrected chi connectivity index (χ2v) is 8.73. The number of aromatic nitrogens is 2. The molecule has 0 saturated carbocycles. The molecule has 1 amide bonds. The molecule has 0 radical (unpaired) electrons. The van der Waals surface area contributed by atoms with Crippen molar-refractivity contribution in [3.05, 3.63) is 47.5 Å². The summed E-state index contributed by atoms with van der Waals surface area (Å²) in [5.74, 6) is 0.318. The maximum absolute atomic E-state index is 14.5. The number of benzene rings is 2. The molecule has 9 nitrogen and oxygen atoms in total. The number of fused-ring (bicyclic) bond motifs is 1. The average molecular weight is 505 g/mol. The number of hydrogen-bond acceptors (Lipinski definition) is 8. The van der Waals surface area contributed by atoms with E-state index in [0.717, 1.165) is 0 Å². The van der Waals surface area contributed by atoms with Crippen LogP contribution in [-0.2, 0) is 4.79 Å². The number of amides is 1. The first kappa shape index (κ1) is 23.5. The number of likely N-dealkylation sites (tertiary alicyclic amines) is 1. The Morgan fingerprint density at radius 3 is 2.97 bits per heavy atom. The summed E-state index contributed by atoms with van der Waals surface area (Å²) in [5.41, 5.74) is 0.710. The van der Waals surface area contributed by atoms with Crippen LogP contribution in [0.15, 0.2) is 36.7 Å². The Morgan fingerprint density at radius 2 is 2.23 bits per heavy atom. The largest absolute Gasteiger partial charge is 0.493 e. The highest BCUT2D eigenvalue weighted by Gasteiger charge is 2.36. The van der Waals surface area contributed by atoms with Gasteiger partial charge in [-0.1, -0.05) is 17.7 Å². The van der Waals surface area contributed by atoms with Crippen LogP contribution >= 0.6 is 11.6 Å². The van der Waals surface area contributed by atoms with E-state index in [2.05, 4.69) is 20.6 Å². The van der Waals surface area contributed by atoms with Gasteiger partial charge in [0.2, 0.25) is 5.91 Å². The van der Waals surface area contributed by atoms with E-state index in [1.165, 1.54) is 19.5 Å². The summed E-state index contributed by atoms with van der Waals surface area (Å²) in [6.45, 7) is 1.89. The standard InChI is InChI=1S/C24H27ClFN5O4/c1-13(11-32)29-24(33)19-7-14(10-31(19)2)35-21-8-15-18(9-20(21)34-3)27-12-28-23(15)30-17-6-4-5-16(25)22(17)26/h4-6,8-9,12-14,19,32H,7,10-11H2,1-3H3,(H,29,33)(H,27,28,30)/t13-,14+,19+/m1/s1/i2D. The fourth-order valence-corrected chi connectivity index (χ4v) is 4.10. The van der Waals surface area contributed by atoms with Gasteiger partial charge in [0.05, 0.1) is 36.0 Å². The lowest BCUT2D eigenvalue weighted by Gasteiger charge is -2.20. The predicted octanol–water partition coefficient (Wildman–Crippen LogP) is 3.12. The van der Waals surface area contributed by atoms with Crippen LogP contribution in [0.3, 0.4) is 0 Å². The Labute approximate surface area is 208 Å². The smallest absolute Gasteiger partial charge is 0.237 e. The van der Waals surface area contributed by atoms with Crippen LogP contribution in [0, 0.1) is 5.82 Å². The number of carbonyl (C=O) groups is 1. The Morgan fingerprint density at radius 1 is 1.40 bits per heavy atom. The van der Waals surface area contributed by atoms with Gasteiger partial charge in [0.25, 0.3) is 0 Å². The van der Waals surface area contributed by atoms with Gasteiger partial charge in [0.1, 0.15) is 18.2 Å². The van der Waals surface area contributed by atoms with Crippen LogP contribution in [-0.4, -0.2) is 71.4 Å². The third-order valence-corrected chi connectivity index (χ3v) is 6.04. The molecule has 4 rings (SSSR count). The second kappa shape index (κ2) is 10.6. The number of likely N-dealkylation sites (N-methyl/N-ethyl adjacent to an activating group) is 1. The number of nitrogens with one attached hydrogen (secondary N) is 2. The van der Waals surface area contributed by atoms with E-state index in [1.54, 1.807) is 36.1 Å². The number of aliphatic hydroxyl groups is 1. The number of anilines is 2. The van der Waals surface area contributed by atoms with Gasteiger partial charge in [0.15, 0.2) is 17.3 Å². The molecular formula is C24H27ClFN5O4. The summed E-state index contributed by atoms with van der Waals surface area (Å²) in [6.07, 6.45) is 1.31. The molecule has 2 heterocycles. The van der Waals surface area contributed by atoms with E-state index in [0.29, 0.717) is 41.2 Å². The summed E-state index contributed by atoms with van der Waals surface area (Å²) in [6, 6.07) is 7.08. The molecule has 1 aliphatic heterocycles. The zero-order chi connectivity index (χ0) is 25.8. The van der Waals surface area contributed by atoms with Gasteiger partial charge >= 0.3 is 0 Å². The highest BCUT2D eigenvalue weighted by molar-refractivity contribution is 6.31. The summed E-state index contributed by atoms with van der Waals surface area (Å²) < 4.78 is 34.1. The third kappa shape index (κ3) is 5.39. The summed E-state index contributed by atoms with van der Waals surface area (Å²) in [7, 11) is 1.43. The number of hydrogen-bond donors (Lipinski definition) is 3. The molecule has 3 N–H and O–H groups in total. The number of aliphatic hydroxyl groups excluding tert-OH is 1. The van der Waals surface area contributed by atoms with E-state index in [-0.39, 0.29) is 36.3 Å². The van der Waals surface area contributed by atoms with E-state index in [9.17, 15) is 14.3 Å². The normalized spacial score (nSPS) is 19.3. The van der Waals surface area contributed by atoms with Crippen molar-refractivity contribution in [2.75, 3.05) is 32.6 Å². The first-order chi connectivity index (χ1) is 17.3. The highest BCUT2D eigenvalue weighted by atomic mass is 35.5. The topological polar surface area (TPSA) is 109 Å². The molecule has 2 aromatic carbocycles. The number of halogens is 2. The monoisotopic (exact) mass is 504 g/mol. The fourth-order valence-electron chi connectivity index (χ4n) is 3.93. The second-order valence-electron chi connectivity index (χ2n) is 8.32. The maximum atomic E-state index is 14.5. The number of rotatable bonds is 8. The first-order valence-electron chi connectivity index (χ1n) is 11.7. The van der Waals surface area contributed by atoms with Gasteiger partial charge in [-0.05, 0) is 32.1 Å². The lowest BCUT2D eigenvalue weighted by Crippen LogP contribution is -2.45. The van der Waals surface area contributed by atoms with Crippen molar-refractivity contribution in [2.45, 2.75) is 31.5 Å². The molecule has 0 spiro atoms.